The summed E-state index contributed by atoms with van der Waals surface area (Å²) in [7, 11) is 0. The Morgan fingerprint density at radius 2 is 2.24 bits per heavy atom. The highest BCUT2D eigenvalue weighted by Gasteiger charge is 2.27. The second-order valence-corrected chi connectivity index (χ2v) is 4.84. The van der Waals surface area contributed by atoms with Crippen molar-refractivity contribution < 1.29 is 19.0 Å². The van der Waals surface area contributed by atoms with Crippen LogP contribution in [0.3, 0.4) is 0 Å². The van der Waals surface area contributed by atoms with Gasteiger partial charge in [0, 0.05) is 0 Å². The standard InChI is InChI=1S/C13H22O4/c1-4-5-6-7-8-13(2,3)16-10-11-9-15-12(14)17-11/h6-7,11H,4-5,8-10H2,1-3H3/b7-6+. The molecule has 98 valence electrons. The van der Waals surface area contributed by atoms with Crippen LogP contribution in [-0.2, 0) is 14.2 Å². The molecule has 1 rings (SSSR count). The summed E-state index contributed by atoms with van der Waals surface area (Å²) in [6.07, 6.45) is 6.57. The number of hydrogen-bond acceptors (Lipinski definition) is 4. The highest BCUT2D eigenvalue weighted by Crippen LogP contribution is 2.17. The minimum Gasteiger partial charge on any atom is -0.430 e. The highest BCUT2D eigenvalue weighted by atomic mass is 16.8. The molecule has 0 amide bonds. The van der Waals surface area contributed by atoms with E-state index in [4.69, 9.17) is 9.47 Å². The number of ether oxygens (including phenoxy) is 3. The van der Waals surface area contributed by atoms with Crippen molar-refractivity contribution in [2.45, 2.75) is 51.7 Å². The van der Waals surface area contributed by atoms with Gasteiger partial charge >= 0.3 is 6.16 Å². The molecule has 1 aliphatic rings. The van der Waals surface area contributed by atoms with Crippen molar-refractivity contribution in [3.8, 4) is 0 Å². The average Bonchev–Trinajstić information content (AvgIpc) is 2.68. The number of unbranched alkanes of at least 4 members (excludes halogenated alkanes) is 1. The first-order chi connectivity index (χ1) is 8.03. The first kappa shape index (κ1) is 14.0. The molecule has 1 heterocycles. The van der Waals surface area contributed by atoms with Crippen molar-refractivity contribution in [3.63, 3.8) is 0 Å². The Balaban J connectivity index is 2.21. The zero-order valence-corrected chi connectivity index (χ0v) is 10.9. The third kappa shape index (κ3) is 5.73. The Bertz CT molecular complexity index is 271. The van der Waals surface area contributed by atoms with Crippen LogP contribution in [0, 0.1) is 0 Å². The Labute approximate surface area is 103 Å². The summed E-state index contributed by atoms with van der Waals surface area (Å²) < 4.78 is 15.3. The summed E-state index contributed by atoms with van der Waals surface area (Å²) in [4.78, 5) is 10.7. The number of carbonyl (C=O) groups is 1. The minimum absolute atomic E-state index is 0.237. The molecule has 0 aromatic carbocycles. The maximum Gasteiger partial charge on any atom is 0.508 e. The predicted octanol–water partition coefficient (Wildman–Crippen LogP) is 3.06. The zero-order valence-electron chi connectivity index (χ0n) is 10.9. The lowest BCUT2D eigenvalue weighted by Crippen LogP contribution is -2.29. The van der Waals surface area contributed by atoms with Gasteiger partial charge in [-0.3, -0.25) is 0 Å². The first-order valence-electron chi connectivity index (χ1n) is 6.16. The number of cyclic esters (lactones) is 2. The zero-order chi connectivity index (χ0) is 12.7. The monoisotopic (exact) mass is 242 g/mol. The van der Waals surface area contributed by atoms with Gasteiger partial charge < -0.3 is 14.2 Å². The topological polar surface area (TPSA) is 44.8 Å². The Kier molecular flexibility index (Phi) is 5.48. The quantitative estimate of drug-likeness (QED) is 0.508. The van der Waals surface area contributed by atoms with Crippen LogP contribution < -0.4 is 0 Å². The van der Waals surface area contributed by atoms with Crippen LogP contribution in [0.2, 0.25) is 0 Å². The van der Waals surface area contributed by atoms with Crippen molar-refractivity contribution >= 4 is 6.16 Å². The fourth-order valence-corrected chi connectivity index (χ4v) is 1.48. The van der Waals surface area contributed by atoms with Crippen molar-refractivity contribution in [1.29, 1.82) is 0 Å². The fourth-order valence-electron chi connectivity index (χ4n) is 1.48. The molecule has 17 heavy (non-hydrogen) atoms. The van der Waals surface area contributed by atoms with Crippen LogP contribution in [0.25, 0.3) is 0 Å². The van der Waals surface area contributed by atoms with Crippen LogP contribution in [0.1, 0.15) is 40.0 Å². The van der Waals surface area contributed by atoms with E-state index in [1.807, 2.05) is 13.8 Å². The first-order valence-corrected chi connectivity index (χ1v) is 6.16. The third-order valence-corrected chi connectivity index (χ3v) is 2.54. The minimum atomic E-state index is -0.598. The van der Waals surface area contributed by atoms with E-state index in [2.05, 4.69) is 23.8 Å². The van der Waals surface area contributed by atoms with Gasteiger partial charge in [-0.25, -0.2) is 4.79 Å². The van der Waals surface area contributed by atoms with E-state index in [0.717, 1.165) is 19.3 Å². The number of carbonyl (C=O) groups excluding carboxylic acids is 1. The molecule has 0 aromatic heterocycles. The van der Waals surface area contributed by atoms with Gasteiger partial charge in [0.15, 0.2) is 6.10 Å². The van der Waals surface area contributed by atoms with Gasteiger partial charge in [0.25, 0.3) is 0 Å². The van der Waals surface area contributed by atoms with Crippen molar-refractivity contribution in [2.75, 3.05) is 13.2 Å². The second-order valence-electron chi connectivity index (χ2n) is 4.84. The van der Waals surface area contributed by atoms with Crippen molar-refractivity contribution in [1.82, 2.24) is 0 Å². The van der Waals surface area contributed by atoms with Gasteiger partial charge in [0.1, 0.15) is 6.61 Å². The van der Waals surface area contributed by atoms with Gasteiger partial charge in [-0.15, -0.1) is 0 Å². The SMILES string of the molecule is CCC/C=C/CC(C)(C)OCC1COC(=O)O1. The van der Waals surface area contributed by atoms with Crippen LogP contribution in [0.5, 0.6) is 0 Å². The van der Waals surface area contributed by atoms with E-state index in [-0.39, 0.29) is 11.7 Å². The molecule has 4 heteroatoms. The van der Waals surface area contributed by atoms with Gasteiger partial charge in [0.05, 0.1) is 12.2 Å². The van der Waals surface area contributed by atoms with Gasteiger partial charge in [-0.1, -0.05) is 25.5 Å². The molecule has 1 fully saturated rings. The summed E-state index contributed by atoms with van der Waals surface area (Å²) in [5.74, 6) is 0. The number of allylic oxidation sites excluding steroid dienone is 1. The Morgan fingerprint density at radius 3 is 2.82 bits per heavy atom. The van der Waals surface area contributed by atoms with E-state index < -0.39 is 6.16 Å². The van der Waals surface area contributed by atoms with Gasteiger partial charge in [-0.05, 0) is 26.7 Å². The molecule has 0 N–H and O–H groups in total. The second kappa shape index (κ2) is 6.64. The lowest BCUT2D eigenvalue weighted by molar-refractivity contribution is -0.0504. The van der Waals surface area contributed by atoms with Crippen LogP contribution in [0.4, 0.5) is 4.79 Å². The third-order valence-electron chi connectivity index (χ3n) is 2.54. The molecule has 0 radical (unpaired) electrons. The summed E-state index contributed by atoms with van der Waals surface area (Å²) >= 11 is 0. The largest absolute Gasteiger partial charge is 0.508 e. The summed E-state index contributed by atoms with van der Waals surface area (Å²) in [5.41, 5.74) is -0.237. The normalized spacial score (nSPS) is 20.6. The molecular weight excluding hydrogens is 220 g/mol. The molecule has 0 spiro atoms. The molecule has 4 nitrogen and oxygen atoms in total. The Morgan fingerprint density at radius 1 is 1.47 bits per heavy atom. The predicted molar refractivity (Wildman–Crippen MR) is 64.9 cm³/mol. The maximum absolute atomic E-state index is 10.7. The lowest BCUT2D eigenvalue weighted by atomic mass is 10.0. The van der Waals surface area contributed by atoms with E-state index in [1.54, 1.807) is 0 Å². The maximum atomic E-state index is 10.7. The van der Waals surface area contributed by atoms with Crippen LogP contribution in [0.15, 0.2) is 12.2 Å². The summed E-state index contributed by atoms with van der Waals surface area (Å²) in [6.45, 7) is 6.89. The molecule has 1 atom stereocenters. The van der Waals surface area contributed by atoms with Crippen molar-refractivity contribution in [2.24, 2.45) is 0 Å². The summed E-state index contributed by atoms with van der Waals surface area (Å²) in [5, 5.41) is 0. The van der Waals surface area contributed by atoms with E-state index in [1.165, 1.54) is 0 Å². The molecule has 1 unspecified atom stereocenters. The van der Waals surface area contributed by atoms with Crippen LogP contribution >= 0.6 is 0 Å². The smallest absolute Gasteiger partial charge is 0.430 e. The highest BCUT2D eigenvalue weighted by molar-refractivity contribution is 5.61. The van der Waals surface area contributed by atoms with Crippen LogP contribution in [-0.4, -0.2) is 31.1 Å². The molecular formula is C13H22O4. The molecule has 0 bridgehead atoms. The average molecular weight is 242 g/mol. The lowest BCUT2D eigenvalue weighted by Gasteiger charge is -2.24. The van der Waals surface area contributed by atoms with E-state index in [0.29, 0.717) is 13.2 Å². The van der Waals surface area contributed by atoms with Gasteiger partial charge in [0.2, 0.25) is 0 Å². The van der Waals surface area contributed by atoms with E-state index in [9.17, 15) is 4.79 Å². The molecule has 1 aliphatic heterocycles. The molecule has 1 saturated heterocycles. The van der Waals surface area contributed by atoms with E-state index >= 15 is 0 Å². The Hall–Kier alpha value is -1.03. The number of rotatable bonds is 7. The van der Waals surface area contributed by atoms with Crippen molar-refractivity contribution in [3.05, 3.63) is 12.2 Å². The molecule has 0 saturated carbocycles. The number of hydrogen-bond donors (Lipinski definition) is 0. The molecule has 0 aliphatic carbocycles. The van der Waals surface area contributed by atoms with Gasteiger partial charge in [-0.2, -0.15) is 0 Å². The summed E-state index contributed by atoms with van der Waals surface area (Å²) in [6, 6.07) is 0. The molecule has 0 aromatic rings. The fraction of sp³-hybridized carbons (Fsp3) is 0.769.